The molecule has 4 aromatic rings. The van der Waals surface area contributed by atoms with Gasteiger partial charge in [-0.1, -0.05) is 17.1 Å². The Morgan fingerprint density at radius 3 is 2.83 bits per heavy atom. The Morgan fingerprint density at radius 2 is 2.07 bits per heavy atom. The van der Waals surface area contributed by atoms with Gasteiger partial charge in [-0.25, -0.2) is 9.07 Å². The Kier molecular flexibility index (Phi) is 4.99. The summed E-state index contributed by atoms with van der Waals surface area (Å²) < 4.78 is 17.5. The van der Waals surface area contributed by atoms with Crippen LogP contribution in [-0.2, 0) is 13.2 Å². The molecule has 0 fully saturated rings. The molecule has 4 rings (SSSR count). The van der Waals surface area contributed by atoms with Crippen LogP contribution in [-0.4, -0.2) is 45.2 Å². The SMILES string of the molecule is O=C(Nc1cnn(Cc2cccc(F)c2)c1)c1ccn(Cn2cnc([N+](=O)[O-])n2)n1. The number of nitrogens with zero attached hydrogens (tertiary/aromatic N) is 8. The fourth-order valence-corrected chi connectivity index (χ4v) is 2.68. The normalized spacial score (nSPS) is 10.8. The third-order valence-corrected chi connectivity index (χ3v) is 3.98. The van der Waals surface area contributed by atoms with Crippen LogP contribution >= 0.6 is 0 Å². The number of halogens is 1. The van der Waals surface area contributed by atoms with Gasteiger partial charge < -0.3 is 15.4 Å². The summed E-state index contributed by atoms with van der Waals surface area (Å²) in [6.07, 6.45) is 5.83. The Bertz CT molecular complexity index is 1210. The topological polar surface area (TPSA) is 139 Å². The average Bonchev–Trinajstić information content (AvgIpc) is 3.44. The molecule has 0 aliphatic rings. The first-order chi connectivity index (χ1) is 14.5. The van der Waals surface area contributed by atoms with Gasteiger partial charge in [0.1, 0.15) is 5.82 Å². The van der Waals surface area contributed by atoms with E-state index in [1.807, 2.05) is 0 Å². The zero-order chi connectivity index (χ0) is 21.1. The van der Waals surface area contributed by atoms with E-state index in [9.17, 15) is 19.3 Å². The lowest BCUT2D eigenvalue weighted by Crippen LogP contribution is -2.14. The van der Waals surface area contributed by atoms with Gasteiger partial charge in [0.25, 0.3) is 5.91 Å². The van der Waals surface area contributed by atoms with Crippen LogP contribution in [0.15, 0.2) is 55.2 Å². The first-order valence-electron chi connectivity index (χ1n) is 8.62. The van der Waals surface area contributed by atoms with Gasteiger partial charge >= 0.3 is 5.95 Å². The Hall–Kier alpha value is -4.42. The number of hydrogen-bond donors (Lipinski definition) is 1. The second-order valence-corrected chi connectivity index (χ2v) is 6.23. The van der Waals surface area contributed by atoms with E-state index >= 15 is 0 Å². The zero-order valence-electron chi connectivity index (χ0n) is 15.3. The summed E-state index contributed by atoms with van der Waals surface area (Å²) >= 11 is 0. The molecule has 0 aliphatic carbocycles. The predicted molar refractivity (Wildman–Crippen MR) is 100.0 cm³/mol. The number of nitro groups is 1. The van der Waals surface area contributed by atoms with Gasteiger partial charge in [-0.3, -0.25) is 9.48 Å². The maximum atomic E-state index is 13.3. The maximum Gasteiger partial charge on any atom is 0.491 e. The average molecular weight is 411 g/mol. The highest BCUT2D eigenvalue weighted by molar-refractivity contribution is 6.02. The van der Waals surface area contributed by atoms with Crippen molar-refractivity contribution < 1.29 is 14.1 Å². The van der Waals surface area contributed by atoms with Crippen LogP contribution in [0.5, 0.6) is 0 Å². The van der Waals surface area contributed by atoms with E-state index in [-0.39, 0.29) is 18.2 Å². The molecule has 3 aromatic heterocycles. The highest BCUT2D eigenvalue weighted by Gasteiger charge is 2.15. The lowest BCUT2D eigenvalue weighted by Gasteiger charge is -2.02. The van der Waals surface area contributed by atoms with Crippen molar-refractivity contribution in [2.24, 2.45) is 0 Å². The smallest absolute Gasteiger partial charge is 0.390 e. The quantitative estimate of drug-likeness (QED) is 0.359. The molecule has 0 saturated heterocycles. The second kappa shape index (κ2) is 7.90. The fourth-order valence-electron chi connectivity index (χ4n) is 2.68. The Morgan fingerprint density at radius 1 is 1.20 bits per heavy atom. The summed E-state index contributed by atoms with van der Waals surface area (Å²) in [4.78, 5) is 25.9. The molecule has 0 spiro atoms. The predicted octanol–water partition coefficient (Wildman–Crippen LogP) is 1.52. The Labute approximate surface area is 167 Å². The van der Waals surface area contributed by atoms with Crippen molar-refractivity contribution in [3.05, 3.63) is 82.4 Å². The third kappa shape index (κ3) is 4.35. The molecule has 0 saturated carbocycles. The van der Waals surface area contributed by atoms with E-state index in [1.54, 1.807) is 23.0 Å². The minimum absolute atomic E-state index is 0.0552. The molecule has 13 heteroatoms. The van der Waals surface area contributed by atoms with E-state index in [1.165, 1.54) is 46.3 Å². The van der Waals surface area contributed by atoms with Crippen molar-refractivity contribution in [3.63, 3.8) is 0 Å². The van der Waals surface area contributed by atoms with Crippen LogP contribution in [0.3, 0.4) is 0 Å². The number of amides is 1. The molecule has 152 valence electrons. The van der Waals surface area contributed by atoms with Crippen molar-refractivity contribution in [1.82, 2.24) is 34.3 Å². The minimum Gasteiger partial charge on any atom is -0.390 e. The lowest BCUT2D eigenvalue weighted by atomic mass is 10.2. The molecular weight excluding hydrogens is 397 g/mol. The van der Waals surface area contributed by atoms with Crippen molar-refractivity contribution in [2.45, 2.75) is 13.2 Å². The molecule has 1 N–H and O–H groups in total. The molecule has 3 heterocycles. The molecule has 30 heavy (non-hydrogen) atoms. The fraction of sp³-hybridized carbons (Fsp3) is 0.118. The number of anilines is 1. The van der Waals surface area contributed by atoms with Crippen LogP contribution in [0.4, 0.5) is 16.0 Å². The second-order valence-electron chi connectivity index (χ2n) is 6.23. The van der Waals surface area contributed by atoms with E-state index in [0.29, 0.717) is 12.2 Å². The minimum atomic E-state index is -0.701. The van der Waals surface area contributed by atoms with Crippen molar-refractivity contribution in [1.29, 1.82) is 0 Å². The monoisotopic (exact) mass is 411 g/mol. The van der Waals surface area contributed by atoms with Gasteiger partial charge in [0.2, 0.25) is 6.33 Å². The summed E-state index contributed by atoms with van der Waals surface area (Å²) in [5.74, 6) is -1.30. The van der Waals surface area contributed by atoms with Gasteiger partial charge in [-0.2, -0.15) is 14.9 Å². The molecule has 12 nitrogen and oxygen atoms in total. The summed E-state index contributed by atoms with van der Waals surface area (Å²) in [7, 11) is 0. The van der Waals surface area contributed by atoms with Crippen LogP contribution in [0, 0.1) is 15.9 Å². The van der Waals surface area contributed by atoms with Gasteiger partial charge in [0.05, 0.1) is 18.4 Å². The molecule has 1 aromatic carbocycles. The van der Waals surface area contributed by atoms with E-state index < -0.39 is 16.8 Å². The maximum absolute atomic E-state index is 13.3. The van der Waals surface area contributed by atoms with Crippen LogP contribution in [0.25, 0.3) is 0 Å². The highest BCUT2D eigenvalue weighted by Crippen LogP contribution is 2.11. The van der Waals surface area contributed by atoms with Gasteiger partial charge in [0, 0.05) is 17.5 Å². The summed E-state index contributed by atoms with van der Waals surface area (Å²) in [6.45, 7) is 0.409. The molecule has 0 atom stereocenters. The van der Waals surface area contributed by atoms with Crippen LogP contribution in [0.1, 0.15) is 16.1 Å². The first-order valence-corrected chi connectivity index (χ1v) is 8.62. The molecule has 0 radical (unpaired) electrons. The zero-order valence-corrected chi connectivity index (χ0v) is 15.3. The number of hydrogen-bond acceptors (Lipinski definition) is 7. The Balaban J connectivity index is 1.37. The number of carbonyl (C=O) groups excluding carboxylic acids is 1. The molecule has 1 amide bonds. The molecule has 0 bridgehead atoms. The van der Waals surface area contributed by atoms with Crippen molar-refractivity contribution in [2.75, 3.05) is 5.32 Å². The summed E-state index contributed by atoms with van der Waals surface area (Å²) in [5.41, 5.74) is 1.34. The lowest BCUT2D eigenvalue weighted by molar-refractivity contribution is -0.394. The molecular formula is C17H14FN9O3. The third-order valence-electron chi connectivity index (χ3n) is 3.98. The summed E-state index contributed by atoms with van der Waals surface area (Å²) in [6, 6.07) is 7.67. The highest BCUT2D eigenvalue weighted by atomic mass is 19.1. The number of benzene rings is 1. The largest absolute Gasteiger partial charge is 0.491 e. The van der Waals surface area contributed by atoms with Crippen LogP contribution < -0.4 is 5.32 Å². The van der Waals surface area contributed by atoms with Gasteiger partial charge in [-0.15, -0.1) is 0 Å². The van der Waals surface area contributed by atoms with E-state index in [0.717, 1.165) is 5.56 Å². The number of aromatic nitrogens is 7. The number of nitrogens with one attached hydrogen (secondary N) is 1. The number of rotatable bonds is 7. The summed E-state index contributed by atoms with van der Waals surface area (Å²) in [5, 5.41) is 25.2. The van der Waals surface area contributed by atoms with Crippen molar-refractivity contribution in [3.8, 4) is 0 Å². The standard InChI is InChI=1S/C17H14FN9O3/c18-13-3-1-2-12(6-13)8-25-9-14(7-20-25)21-16(28)15-4-5-24(22-15)11-26-10-19-17(23-26)27(29)30/h1-7,9-10H,8,11H2,(H,21,28). The first kappa shape index (κ1) is 18.9. The molecule has 0 unspecified atom stereocenters. The van der Waals surface area contributed by atoms with E-state index in [4.69, 9.17) is 0 Å². The van der Waals surface area contributed by atoms with E-state index in [2.05, 4.69) is 25.6 Å². The molecule has 0 aliphatic heterocycles. The number of carbonyl (C=O) groups is 1. The van der Waals surface area contributed by atoms with Gasteiger partial charge in [0.15, 0.2) is 12.4 Å². The van der Waals surface area contributed by atoms with Crippen molar-refractivity contribution >= 4 is 17.5 Å². The van der Waals surface area contributed by atoms with Crippen LogP contribution in [0.2, 0.25) is 0 Å². The van der Waals surface area contributed by atoms with Gasteiger partial charge in [-0.05, 0) is 28.7 Å².